The number of carbonyl (C=O) groups is 1. The zero-order valence-electron chi connectivity index (χ0n) is 12.5. The molecule has 3 unspecified atom stereocenters. The van der Waals surface area contributed by atoms with Crippen LogP contribution >= 0.6 is 0 Å². The van der Waals surface area contributed by atoms with E-state index < -0.39 is 0 Å². The zero-order valence-corrected chi connectivity index (χ0v) is 12.5. The number of hydrogen-bond acceptors (Lipinski definition) is 2. The predicted octanol–water partition coefficient (Wildman–Crippen LogP) is 3.78. The van der Waals surface area contributed by atoms with Crippen LogP contribution in [0.15, 0.2) is 0 Å². The van der Waals surface area contributed by atoms with Crippen LogP contribution in [0, 0.1) is 23.7 Å². The van der Waals surface area contributed by atoms with E-state index in [2.05, 4.69) is 20.8 Å². The average Bonchev–Trinajstić information content (AvgIpc) is 2.32. The van der Waals surface area contributed by atoms with Gasteiger partial charge in [0.05, 0.1) is 0 Å². The molecule has 1 aliphatic carbocycles. The third kappa shape index (κ3) is 5.09. The summed E-state index contributed by atoms with van der Waals surface area (Å²) < 4.78 is 0. The Labute approximate surface area is 113 Å². The first kappa shape index (κ1) is 15.7. The smallest absolute Gasteiger partial charge is 0.136 e. The Balaban J connectivity index is 2.35. The fraction of sp³-hybridized carbons (Fsp3) is 0.938. The lowest BCUT2D eigenvalue weighted by molar-refractivity contribution is -0.125. The summed E-state index contributed by atoms with van der Waals surface area (Å²) in [7, 11) is 0. The number of carbonyl (C=O) groups excluding carboxylic acids is 1. The molecule has 0 aromatic carbocycles. The summed E-state index contributed by atoms with van der Waals surface area (Å²) in [5.74, 6) is 2.97. The molecule has 0 radical (unpaired) electrons. The minimum atomic E-state index is 0.346. The maximum Gasteiger partial charge on any atom is 0.136 e. The van der Waals surface area contributed by atoms with Crippen molar-refractivity contribution in [1.82, 2.24) is 0 Å². The third-order valence-electron chi connectivity index (χ3n) is 4.59. The van der Waals surface area contributed by atoms with Crippen LogP contribution in [-0.4, -0.2) is 12.3 Å². The van der Waals surface area contributed by atoms with Gasteiger partial charge in [-0.3, -0.25) is 4.79 Å². The molecule has 0 amide bonds. The third-order valence-corrected chi connectivity index (χ3v) is 4.59. The van der Waals surface area contributed by atoms with Gasteiger partial charge in [-0.15, -0.1) is 0 Å². The predicted molar refractivity (Wildman–Crippen MR) is 77.4 cm³/mol. The normalized spacial score (nSPS) is 30.1. The van der Waals surface area contributed by atoms with Gasteiger partial charge in [0.25, 0.3) is 0 Å². The Morgan fingerprint density at radius 3 is 2.28 bits per heavy atom. The van der Waals surface area contributed by atoms with Gasteiger partial charge in [0.2, 0.25) is 0 Å². The van der Waals surface area contributed by atoms with E-state index in [-0.39, 0.29) is 0 Å². The molecule has 2 N–H and O–H groups in total. The summed E-state index contributed by atoms with van der Waals surface area (Å²) in [6.07, 6.45) is 7.60. The highest BCUT2D eigenvalue weighted by atomic mass is 16.1. The number of Topliss-reactive ketones (excluding diaryl/α,β-unsaturated/α-hetero) is 1. The van der Waals surface area contributed by atoms with Crippen molar-refractivity contribution in [2.75, 3.05) is 6.54 Å². The lowest BCUT2D eigenvalue weighted by atomic mass is 9.74. The largest absolute Gasteiger partial charge is 0.330 e. The van der Waals surface area contributed by atoms with Gasteiger partial charge in [-0.05, 0) is 56.4 Å². The van der Waals surface area contributed by atoms with Crippen LogP contribution in [0.25, 0.3) is 0 Å². The molecule has 3 atom stereocenters. The van der Waals surface area contributed by atoms with Crippen LogP contribution in [0.5, 0.6) is 0 Å². The Hall–Kier alpha value is -0.370. The maximum atomic E-state index is 12.3. The lowest BCUT2D eigenvalue weighted by Gasteiger charge is -2.30. The van der Waals surface area contributed by atoms with Gasteiger partial charge in [-0.1, -0.05) is 27.2 Å². The molecule has 18 heavy (non-hydrogen) atoms. The van der Waals surface area contributed by atoms with Gasteiger partial charge in [-0.2, -0.15) is 0 Å². The van der Waals surface area contributed by atoms with Crippen molar-refractivity contribution in [2.45, 2.75) is 65.7 Å². The summed E-state index contributed by atoms with van der Waals surface area (Å²) in [4.78, 5) is 12.3. The topological polar surface area (TPSA) is 43.1 Å². The summed E-state index contributed by atoms with van der Waals surface area (Å²) in [5, 5.41) is 0. The van der Waals surface area contributed by atoms with E-state index in [1.165, 1.54) is 6.42 Å². The van der Waals surface area contributed by atoms with Crippen LogP contribution < -0.4 is 5.73 Å². The fourth-order valence-electron chi connectivity index (χ4n) is 3.55. The maximum absolute atomic E-state index is 12.3. The van der Waals surface area contributed by atoms with E-state index in [9.17, 15) is 4.79 Å². The number of rotatable bonds is 7. The highest BCUT2D eigenvalue weighted by Gasteiger charge is 2.28. The van der Waals surface area contributed by atoms with Crippen LogP contribution in [0.3, 0.4) is 0 Å². The van der Waals surface area contributed by atoms with E-state index in [0.29, 0.717) is 17.6 Å². The first-order chi connectivity index (χ1) is 8.56. The minimum absolute atomic E-state index is 0.346. The standard InChI is InChI=1S/C16H31NO/c1-4-14(7-8-17)5-6-16(18)15-10-12(2)9-13(3)11-15/h12-15H,4-11,17H2,1-3H3. The average molecular weight is 253 g/mol. The van der Waals surface area contributed by atoms with Crippen LogP contribution in [-0.2, 0) is 4.79 Å². The molecule has 1 fully saturated rings. The van der Waals surface area contributed by atoms with Crippen LogP contribution in [0.4, 0.5) is 0 Å². The molecule has 2 heteroatoms. The number of hydrogen-bond donors (Lipinski definition) is 1. The van der Waals surface area contributed by atoms with Crippen molar-refractivity contribution < 1.29 is 4.79 Å². The first-order valence-corrected chi connectivity index (χ1v) is 7.79. The Morgan fingerprint density at radius 1 is 1.17 bits per heavy atom. The molecule has 1 rings (SSSR count). The highest BCUT2D eigenvalue weighted by Crippen LogP contribution is 2.34. The molecule has 1 saturated carbocycles. The highest BCUT2D eigenvalue weighted by molar-refractivity contribution is 5.81. The number of nitrogens with two attached hydrogens (primary N) is 1. The van der Waals surface area contributed by atoms with Crippen LogP contribution in [0.2, 0.25) is 0 Å². The minimum Gasteiger partial charge on any atom is -0.330 e. The molecule has 0 bridgehead atoms. The summed E-state index contributed by atoms with van der Waals surface area (Å²) in [6, 6.07) is 0. The molecule has 0 aromatic rings. The second-order valence-electron chi connectivity index (χ2n) is 6.47. The summed E-state index contributed by atoms with van der Waals surface area (Å²) in [6.45, 7) is 7.54. The van der Waals surface area contributed by atoms with Crippen molar-refractivity contribution in [2.24, 2.45) is 29.4 Å². The van der Waals surface area contributed by atoms with E-state index in [0.717, 1.165) is 56.9 Å². The molecular weight excluding hydrogens is 222 g/mol. The van der Waals surface area contributed by atoms with Crippen molar-refractivity contribution in [1.29, 1.82) is 0 Å². The molecule has 106 valence electrons. The Bertz CT molecular complexity index is 241. The molecule has 2 nitrogen and oxygen atoms in total. The van der Waals surface area contributed by atoms with Crippen molar-refractivity contribution in [3.05, 3.63) is 0 Å². The molecule has 0 aromatic heterocycles. The number of ketones is 1. The Kier molecular flexibility index (Phi) is 6.91. The van der Waals surface area contributed by atoms with Gasteiger partial charge in [0, 0.05) is 12.3 Å². The van der Waals surface area contributed by atoms with E-state index >= 15 is 0 Å². The SMILES string of the molecule is CCC(CCN)CCC(=O)C1CC(C)CC(C)C1. The molecule has 0 saturated heterocycles. The molecule has 0 aliphatic heterocycles. The van der Waals surface area contributed by atoms with Gasteiger partial charge < -0.3 is 5.73 Å². The van der Waals surface area contributed by atoms with Crippen molar-refractivity contribution >= 4 is 5.78 Å². The van der Waals surface area contributed by atoms with Crippen molar-refractivity contribution in [3.8, 4) is 0 Å². The second-order valence-corrected chi connectivity index (χ2v) is 6.47. The summed E-state index contributed by atoms with van der Waals surface area (Å²) in [5.41, 5.74) is 5.61. The molecule has 1 aliphatic rings. The second kappa shape index (κ2) is 7.93. The molecule has 0 heterocycles. The first-order valence-electron chi connectivity index (χ1n) is 7.79. The lowest BCUT2D eigenvalue weighted by Crippen LogP contribution is -2.26. The van der Waals surface area contributed by atoms with Gasteiger partial charge in [-0.25, -0.2) is 0 Å². The van der Waals surface area contributed by atoms with Crippen LogP contribution in [0.1, 0.15) is 65.7 Å². The molecule has 0 spiro atoms. The summed E-state index contributed by atoms with van der Waals surface area (Å²) >= 11 is 0. The van der Waals surface area contributed by atoms with E-state index in [4.69, 9.17) is 5.73 Å². The van der Waals surface area contributed by atoms with Gasteiger partial charge in [0.1, 0.15) is 5.78 Å². The zero-order chi connectivity index (χ0) is 13.5. The quantitative estimate of drug-likeness (QED) is 0.750. The molecular formula is C16H31NO. The van der Waals surface area contributed by atoms with Gasteiger partial charge in [0.15, 0.2) is 0 Å². The van der Waals surface area contributed by atoms with Gasteiger partial charge >= 0.3 is 0 Å². The Morgan fingerprint density at radius 2 is 1.78 bits per heavy atom. The monoisotopic (exact) mass is 253 g/mol. The fourth-order valence-corrected chi connectivity index (χ4v) is 3.55. The van der Waals surface area contributed by atoms with E-state index in [1.54, 1.807) is 0 Å². The van der Waals surface area contributed by atoms with Crippen molar-refractivity contribution in [3.63, 3.8) is 0 Å². The van der Waals surface area contributed by atoms with E-state index in [1.807, 2.05) is 0 Å².